The van der Waals surface area contributed by atoms with Crippen molar-refractivity contribution < 1.29 is 4.79 Å². The predicted octanol–water partition coefficient (Wildman–Crippen LogP) is 1.71. The molecule has 1 fully saturated rings. The maximum atomic E-state index is 12.4. The van der Waals surface area contributed by atoms with Gasteiger partial charge >= 0.3 is 0 Å². The summed E-state index contributed by atoms with van der Waals surface area (Å²) in [6.07, 6.45) is 5.71. The second kappa shape index (κ2) is 10.2. The number of amides is 1. The minimum atomic E-state index is 0.323. The SMILES string of the molecule is CCCCN(CCCC)C(=O)CN1CCCNCC1. The highest BCUT2D eigenvalue weighted by Gasteiger charge is 2.17. The normalized spacial score (nSPS) is 17.2. The molecule has 0 aromatic rings. The van der Waals surface area contributed by atoms with Gasteiger partial charge in [0, 0.05) is 26.2 Å². The van der Waals surface area contributed by atoms with E-state index in [4.69, 9.17) is 0 Å². The zero-order chi connectivity index (χ0) is 13.9. The van der Waals surface area contributed by atoms with Crippen LogP contribution in [0.5, 0.6) is 0 Å². The van der Waals surface area contributed by atoms with Crippen LogP contribution in [0.4, 0.5) is 0 Å². The number of hydrogen-bond acceptors (Lipinski definition) is 3. The van der Waals surface area contributed by atoms with Gasteiger partial charge in [-0.25, -0.2) is 0 Å². The average molecular weight is 269 g/mol. The Morgan fingerprint density at radius 3 is 2.42 bits per heavy atom. The molecule has 0 aromatic heterocycles. The summed E-state index contributed by atoms with van der Waals surface area (Å²) in [4.78, 5) is 16.8. The van der Waals surface area contributed by atoms with Gasteiger partial charge in [-0.15, -0.1) is 0 Å². The van der Waals surface area contributed by atoms with Gasteiger partial charge in [-0.1, -0.05) is 26.7 Å². The number of unbranched alkanes of at least 4 members (excludes halogenated alkanes) is 2. The van der Waals surface area contributed by atoms with Gasteiger partial charge in [-0.05, 0) is 32.4 Å². The monoisotopic (exact) mass is 269 g/mol. The molecule has 19 heavy (non-hydrogen) atoms. The van der Waals surface area contributed by atoms with Gasteiger partial charge in [-0.2, -0.15) is 0 Å². The van der Waals surface area contributed by atoms with E-state index < -0.39 is 0 Å². The molecule has 1 saturated heterocycles. The van der Waals surface area contributed by atoms with Gasteiger partial charge in [0.2, 0.25) is 5.91 Å². The predicted molar refractivity (Wildman–Crippen MR) is 80.3 cm³/mol. The summed E-state index contributed by atoms with van der Waals surface area (Å²) in [6.45, 7) is 11.0. The van der Waals surface area contributed by atoms with Crippen molar-refractivity contribution in [3.05, 3.63) is 0 Å². The highest BCUT2D eigenvalue weighted by molar-refractivity contribution is 5.78. The molecule has 1 aliphatic heterocycles. The third-order valence-corrected chi connectivity index (χ3v) is 3.71. The van der Waals surface area contributed by atoms with Gasteiger partial charge in [0.25, 0.3) is 0 Å². The quantitative estimate of drug-likeness (QED) is 0.728. The molecular formula is C15H31N3O. The summed E-state index contributed by atoms with van der Waals surface area (Å²) < 4.78 is 0. The summed E-state index contributed by atoms with van der Waals surface area (Å²) in [5.41, 5.74) is 0. The van der Waals surface area contributed by atoms with Gasteiger partial charge in [0.05, 0.1) is 6.54 Å². The van der Waals surface area contributed by atoms with Crippen molar-refractivity contribution in [3.8, 4) is 0 Å². The minimum Gasteiger partial charge on any atom is -0.342 e. The van der Waals surface area contributed by atoms with Crippen molar-refractivity contribution in [3.63, 3.8) is 0 Å². The van der Waals surface area contributed by atoms with Gasteiger partial charge < -0.3 is 10.2 Å². The molecular weight excluding hydrogens is 238 g/mol. The zero-order valence-electron chi connectivity index (χ0n) is 12.8. The van der Waals surface area contributed by atoms with Crippen LogP contribution in [0.25, 0.3) is 0 Å². The van der Waals surface area contributed by atoms with Crippen molar-refractivity contribution in [1.29, 1.82) is 0 Å². The Morgan fingerprint density at radius 1 is 1.11 bits per heavy atom. The molecule has 1 amide bonds. The lowest BCUT2D eigenvalue weighted by Crippen LogP contribution is -2.42. The fourth-order valence-corrected chi connectivity index (χ4v) is 2.41. The smallest absolute Gasteiger partial charge is 0.236 e. The second-order valence-corrected chi connectivity index (χ2v) is 5.47. The molecule has 0 unspecified atom stereocenters. The summed E-state index contributed by atoms with van der Waals surface area (Å²) in [7, 11) is 0. The van der Waals surface area contributed by atoms with Crippen LogP contribution >= 0.6 is 0 Å². The summed E-state index contributed by atoms with van der Waals surface area (Å²) in [5, 5.41) is 3.38. The highest BCUT2D eigenvalue weighted by atomic mass is 16.2. The first kappa shape index (κ1) is 16.4. The largest absolute Gasteiger partial charge is 0.342 e. The van der Waals surface area contributed by atoms with Crippen molar-refractivity contribution in [2.75, 3.05) is 45.8 Å². The topological polar surface area (TPSA) is 35.6 Å². The number of nitrogens with one attached hydrogen (secondary N) is 1. The minimum absolute atomic E-state index is 0.323. The molecule has 0 aromatic carbocycles. The molecule has 1 aliphatic rings. The van der Waals surface area contributed by atoms with E-state index in [1.165, 1.54) is 0 Å². The van der Waals surface area contributed by atoms with Crippen molar-refractivity contribution in [2.24, 2.45) is 0 Å². The number of nitrogens with zero attached hydrogens (tertiary/aromatic N) is 2. The molecule has 0 radical (unpaired) electrons. The van der Waals surface area contributed by atoms with E-state index in [1.54, 1.807) is 0 Å². The third-order valence-electron chi connectivity index (χ3n) is 3.71. The van der Waals surface area contributed by atoms with Crippen LogP contribution in [0.3, 0.4) is 0 Å². The molecule has 0 saturated carbocycles. The molecule has 4 nitrogen and oxygen atoms in total. The van der Waals surface area contributed by atoms with Crippen LogP contribution in [-0.4, -0.2) is 61.5 Å². The standard InChI is InChI=1S/C15H31N3O/c1-3-5-11-18(12-6-4-2)15(19)14-17-10-7-8-16-9-13-17/h16H,3-14H2,1-2H3. The summed E-state index contributed by atoms with van der Waals surface area (Å²) in [5.74, 6) is 0.323. The van der Waals surface area contributed by atoms with Crippen LogP contribution in [0.15, 0.2) is 0 Å². The maximum absolute atomic E-state index is 12.4. The van der Waals surface area contributed by atoms with Gasteiger partial charge in [0.1, 0.15) is 0 Å². The molecule has 0 spiro atoms. The van der Waals surface area contributed by atoms with Crippen LogP contribution in [-0.2, 0) is 4.79 Å². The number of carbonyl (C=O) groups is 1. The van der Waals surface area contributed by atoms with Crippen molar-refractivity contribution in [1.82, 2.24) is 15.1 Å². The molecule has 1 N–H and O–H groups in total. The molecule has 0 aliphatic carbocycles. The van der Waals surface area contributed by atoms with Crippen LogP contribution < -0.4 is 5.32 Å². The van der Waals surface area contributed by atoms with Crippen LogP contribution in [0, 0.1) is 0 Å². The van der Waals surface area contributed by atoms with E-state index in [9.17, 15) is 4.79 Å². The number of hydrogen-bond donors (Lipinski definition) is 1. The molecule has 1 heterocycles. The highest BCUT2D eigenvalue weighted by Crippen LogP contribution is 2.03. The molecule has 112 valence electrons. The third kappa shape index (κ3) is 6.92. The molecule has 0 atom stereocenters. The summed E-state index contributed by atoms with van der Waals surface area (Å²) >= 11 is 0. The average Bonchev–Trinajstić information content (AvgIpc) is 2.67. The second-order valence-electron chi connectivity index (χ2n) is 5.47. The fraction of sp³-hybridized carbons (Fsp3) is 0.933. The van der Waals surface area contributed by atoms with Crippen LogP contribution in [0.2, 0.25) is 0 Å². The Balaban J connectivity index is 2.39. The van der Waals surface area contributed by atoms with E-state index in [-0.39, 0.29) is 0 Å². The van der Waals surface area contributed by atoms with Gasteiger partial charge in [-0.3, -0.25) is 9.69 Å². The first-order valence-electron chi connectivity index (χ1n) is 7.98. The van der Waals surface area contributed by atoms with Crippen molar-refractivity contribution >= 4 is 5.91 Å². The van der Waals surface area contributed by atoms with Gasteiger partial charge in [0.15, 0.2) is 0 Å². The number of rotatable bonds is 8. The summed E-state index contributed by atoms with van der Waals surface area (Å²) in [6, 6.07) is 0. The lowest BCUT2D eigenvalue weighted by Gasteiger charge is -2.26. The number of carbonyl (C=O) groups excluding carboxylic acids is 1. The van der Waals surface area contributed by atoms with E-state index in [2.05, 4.69) is 29.0 Å². The lowest BCUT2D eigenvalue weighted by atomic mass is 10.2. The molecule has 4 heteroatoms. The van der Waals surface area contributed by atoms with Crippen LogP contribution in [0.1, 0.15) is 46.0 Å². The van der Waals surface area contributed by atoms with Crippen molar-refractivity contribution in [2.45, 2.75) is 46.0 Å². The fourth-order valence-electron chi connectivity index (χ4n) is 2.41. The Labute approximate surface area is 118 Å². The Bertz CT molecular complexity index is 230. The first-order valence-corrected chi connectivity index (χ1v) is 7.98. The van der Waals surface area contributed by atoms with E-state index >= 15 is 0 Å². The van der Waals surface area contributed by atoms with E-state index in [1.807, 2.05) is 0 Å². The molecule has 1 rings (SSSR count). The first-order chi connectivity index (χ1) is 9.27. The Hall–Kier alpha value is -0.610. The Morgan fingerprint density at radius 2 is 1.79 bits per heavy atom. The maximum Gasteiger partial charge on any atom is 0.236 e. The zero-order valence-corrected chi connectivity index (χ0v) is 12.8. The molecule has 0 bridgehead atoms. The van der Waals surface area contributed by atoms with E-state index in [0.717, 1.165) is 71.4 Å². The lowest BCUT2D eigenvalue weighted by molar-refractivity contribution is -0.132. The van der Waals surface area contributed by atoms with E-state index in [0.29, 0.717) is 12.5 Å². The Kier molecular flexibility index (Phi) is 8.84.